The van der Waals surface area contributed by atoms with E-state index in [2.05, 4.69) is 4.98 Å². The average molecular weight is 282 g/mol. The Morgan fingerprint density at radius 1 is 1.19 bits per heavy atom. The third-order valence-electron chi connectivity index (χ3n) is 3.12. The van der Waals surface area contributed by atoms with Crippen molar-refractivity contribution >= 4 is 23.1 Å². The third kappa shape index (κ3) is 2.41. The van der Waals surface area contributed by atoms with Crippen LogP contribution >= 0.6 is 0 Å². The maximum absolute atomic E-state index is 14.2. The summed E-state index contributed by atoms with van der Waals surface area (Å²) in [6, 6.07) is 11.9. The minimum absolute atomic E-state index is 0.281. The number of para-hydroxylation sites is 3. The molecular formula is C16H11FN2O2. The highest BCUT2D eigenvalue weighted by molar-refractivity contribution is 5.87. The number of hydrogen-bond acceptors (Lipinski definition) is 2. The highest BCUT2D eigenvalue weighted by atomic mass is 19.1. The van der Waals surface area contributed by atoms with Gasteiger partial charge in [-0.25, -0.2) is 14.2 Å². The first-order valence-corrected chi connectivity index (χ1v) is 6.29. The van der Waals surface area contributed by atoms with Gasteiger partial charge in [0.2, 0.25) is 0 Å². The molecule has 0 atom stereocenters. The largest absolute Gasteiger partial charge is 0.478 e. The smallest absolute Gasteiger partial charge is 0.328 e. The number of nitrogens with zero attached hydrogens (tertiary/aromatic N) is 2. The van der Waals surface area contributed by atoms with E-state index < -0.39 is 11.8 Å². The van der Waals surface area contributed by atoms with Gasteiger partial charge in [0.1, 0.15) is 12.1 Å². The lowest BCUT2D eigenvalue weighted by atomic mass is 10.1. The highest BCUT2D eigenvalue weighted by Crippen LogP contribution is 2.24. The van der Waals surface area contributed by atoms with Crippen molar-refractivity contribution in [2.75, 3.05) is 0 Å². The van der Waals surface area contributed by atoms with E-state index in [9.17, 15) is 9.18 Å². The molecule has 104 valence electrons. The molecule has 5 heteroatoms. The van der Waals surface area contributed by atoms with Crippen LogP contribution in [0.15, 0.2) is 54.9 Å². The highest BCUT2D eigenvalue weighted by Gasteiger charge is 2.12. The minimum Gasteiger partial charge on any atom is -0.478 e. The van der Waals surface area contributed by atoms with Crippen LogP contribution < -0.4 is 0 Å². The zero-order chi connectivity index (χ0) is 14.8. The fraction of sp³-hybridized carbons (Fsp3) is 0. The van der Waals surface area contributed by atoms with Crippen LogP contribution in [0, 0.1) is 5.82 Å². The van der Waals surface area contributed by atoms with Crippen LogP contribution in [0.2, 0.25) is 0 Å². The Balaban J connectivity index is 2.24. The normalized spacial score (nSPS) is 11.3. The number of fused-ring (bicyclic) bond motifs is 1. The van der Waals surface area contributed by atoms with Gasteiger partial charge < -0.3 is 5.11 Å². The maximum Gasteiger partial charge on any atom is 0.328 e. The summed E-state index contributed by atoms with van der Waals surface area (Å²) in [5, 5.41) is 8.74. The van der Waals surface area contributed by atoms with E-state index in [1.807, 2.05) is 24.3 Å². The van der Waals surface area contributed by atoms with Gasteiger partial charge in [0.15, 0.2) is 0 Å². The third-order valence-corrected chi connectivity index (χ3v) is 3.12. The number of aromatic nitrogens is 2. The summed E-state index contributed by atoms with van der Waals surface area (Å²) < 4.78 is 15.9. The summed E-state index contributed by atoms with van der Waals surface area (Å²) in [5.41, 5.74) is 2.26. The number of carboxylic acids is 1. The number of rotatable bonds is 3. The van der Waals surface area contributed by atoms with Crippen molar-refractivity contribution in [2.24, 2.45) is 0 Å². The molecule has 0 saturated carbocycles. The Bertz CT molecular complexity index is 852. The molecular weight excluding hydrogens is 271 g/mol. The summed E-state index contributed by atoms with van der Waals surface area (Å²) in [6.45, 7) is 0. The van der Waals surface area contributed by atoms with E-state index in [1.165, 1.54) is 18.5 Å². The van der Waals surface area contributed by atoms with Crippen LogP contribution in [0.5, 0.6) is 0 Å². The number of hydrogen-bond donors (Lipinski definition) is 1. The van der Waals surface area contributed by atoms with E-state index >= 15 is 0 Å². The topological polar surface area (TPSA) is 55.1 Å². The maximum atomic E-state index is 14.2. The molecule has 0 bridgehead atoms. The van der Waals surface area contributed by atoms with Gasteiger partial charge in [0.25, 0.3) is 0 Å². The number of benzene rings is 2. The number of aliphatic carboxylic acids is 1. The van der Waals surface area contributed by atoms with Crippen molar-refractivity contribution in [2.45, 2.75) is 0 Å². The first-order valence-electron chi connectivity index (χ1n) is 6.29. The van der Waals surface area contributed by atoms with Gasteiger partial charge in [0, 0.05) is 11.6 Å². The summed E-state index contributed by atoms with van der Waals surface area (Å²) in [4.78, 5) is 14.9. The summed E-state index contributed by atoms with van der Waals surface area (Å²) >= 11 is 0. The lowest BCUT2D eigenvalue weighted by Gasteiger charge is -2.09. The molecule has 0 aliphatic heterocycles. The molecule has 0 saturated heterocycles. The van der Waals surface area contributed by atoms with Gasteiger partial charge >= 0.3 is 5.97 Å². The van der Waals surface area contributed by atoms with E-state index in [1.54, 1.807) is 16.7 Å². The Morgan fingerprint density at radius 3 is 2.81 bits per heavy atom. The van der Waals surface area contributed by atoms with Crippen molar-refractivity contribution < 1.29 is 14.3 Å². The predicted octanol–water partition coefficient (Wildman–Crippen LogP) is 3.26. The summed E-state index contributed by atoms with van der Waals surface area (Å²) in [7, 11) is 0. The van der Waals surface area contributed by atoms with Crippen LogP contribution in [0.25, 0.3) is 22.8 Å². The van der Waals surface area contributed by atoms with Gasteiger partial charge in [-0.3, -0.25) is 4.57 Å². The quantitative estimate of drug-likeness (QED) is 0.750. The average Bonchev–Trinajstić information content (AvgIpc) is 2.89. The fourth-order valence-electron chi connectivity index (χ4n) is 2.22. The second-order valence-electron chi connectivity index (χ2n) is 4.45. The molecule has 0 spiro atoms. The van der Waals surface area contributed by atoms with Gasteiger partial charge in [-0.15, -0.1) is 0 Å². The van der Waals surface area contributed by atoms with E-state index in [-0.39, 0.29) is 5.69 Å². The molecule has 1 aromatic heterocycles. The lowest BCUT2D eigenvalue weighted by Crippen LogP contribution is -1.99. The number of halogens is 1. The molecule has 0 aliphatic carbocycles. The second kappa shape index (κ2) is 5.20. The Kier molecular flexibility index (Phi) is 3.23. The minimum atomic E-state index is -1.08. The molecule has 2 aromatic carbocycles. The molecule has 3 rings (SSSR count). The lowest BCUT2D eigenvalue weighted by molar-refractivity contribution is -0.131. The zero-order valence-electron chi connectivity index (χ0n) is 10.9. The van der Waals surface area contributed by atoms with E-state index in [0.29, 0.717) is 5.56 Å². The molecule has 0 fully saturated rings. The monoisotopic (exact) mass is 282 g/mol. The number of imidazole rings is 1. The van der Waals surface area contributed by atoms with E-state index in [0.717, 1.165) is 17.1 Å². The van der Waals surface area contributed by atoms with Gasteiger partial charge in [-0.05, 0) is 24.3 Å². The molecule has 0 unspecified atom stereocenters. The molecule has 1 heterocycles. The molecule has 0 radical (unpaired) electrons. The molecule has 0 amide bonds. The van der Waals surface area contributed by atoms with Crippen LogP contribution in [-0.2, 0) is 4.79 Å². The van der Waals surface area contributed by atoms with Crippen molar-refractivity contribution in [1.82, 2.24) is 9.55 Å². The first kappa shape index (κ1) is 13.1. The van der Waals surface area contributed by atoms with Crippen LogP contribution in [-0.4, -0.2) is 20.6 Å². The molecule has 0 aliphatic rings. The molecule has 4 nitrogen and oxygen atoms in total. The first-order chi connectivity index (χ1) is 10.2. The van der Waals surface area contributed by atoms with Gasteiger partial charge in [-0.2, -0.15) is 0 Å². The standard InChI is InChI=1S/C16H11FN2O2/c17-12-5-3-4-11(8-9-15(20)21)16(12)19-10-18-13-6-1-2-7-14(13)19/h1-10H,(H,20,21)/b9-8+. The van der Waals surface area contributed by atoms with E-state index in [4.69, 9.17) is 5.11 Å². The van der Waals surface area contributed by atoms with Crippen LogP contribution in [0.4, 0.5) is 4.39 Å². The Morgan fingerprint density at radius 2 is 2.00 bits per heavy atom. The predicted molar refractivity (Wildman–Crippen MR) is 77.7 cm³/mol. The van der Waals surface area contributed by atoms with Gasteiger partial charge in [-0.1, -0.05) is 24.3 Å². The van der Waals surface area contributed by atoms with Crippen molar-refractivity contribution in [3.63, 3.8) is 0 Å². The summed E-state index contributed by atoms with van der Waals surface area (Å²) in [6.07, 6.45) is 3.88. The van der Waals surface area contributed by atoms with Crippen molar-refractivity contribution in [3.8, 4) is 5.69 Å². The summed E-state index contributed by atoms with van der Waals surface area (Å²) in [5.74, 6) is -1.52. The van der Waals surface area contributed by atoms with Gasteiger partial charge in [0.05, 0.1) is 16.7 Å². The molecule has 3 aromatic rings. The number of carbonyl (C=O) groups is 1. The molecule has 21 heavy (non-hydrogen) atoms. The van der Waals surface area contributed by atoms with Crippen LogP contribution in [0.3, 0.4) is 0 Å². The van der Waals surface area contributed by atoms with Crippen molar-refractivity contribution in [1.29, 1.82) is 0 Å². The second-order valence-corrected chi connectivity index (χ2v) is 4.45. The number of carboxylic acid groups (broad SMARTS) is 1. The Hall–Kier alpha value is -2.95. The molecule has 1 N–H and O–H groups in total. The van der Waals surface area contributed by atoms with Crippen LogP contribution in [0.1, 0.15) is 5.56 Å². The van der Waals surface area contributed by atoms with Crippen molar-refractivity contribution in [3.05, 3.63) is 66.2 Å². The zero-order valence-corrected chi connectivity index (χ0v) is 10.9. The SMILES string of the molecule is O=C(O)/C=C/c1cccc(F)c1-n1cnc2ccccc21. The fourth-order valence-corrected chi connectivity index (χ4v) is 2.22. The Labute approximate surface area is 119 Å².